The topological polar surface area (TPSA) is 173 Å². The Labute approximate surface area is 244 Å². The van der Waals surface area contributed by atoms with Crippen molar-refractivity contribution < 1.29 is 44.4 Å². The Morgan fingerprint density at radius 2 is 1.12 bits per heavy atom. The van der Waals surface area contributed by atoms with Gasteiger partial charge in [-0.05, 0) is 49.4 Å². The summed E-state index contributed by atoms with van der Waals surface area (Å²) in [6, 6.07) is 18.5. The molecular formula is C31H36N2O9. The van der Waals surface area contributed by atoms with E-state index in [2.05, 4.69) is 34.1 Å². The minimum Gasteiger partial charge on any atom is -0.478 e. The van der Waals surface area contributed by atoms with Crippen molar-refractivity contribution in [3.05, 3.63) is 95.6 Å². The molecule has 0 bridgehead atoms. The van der Waals surface area contributed by atoms with E-state index in [0.717, 1.165) is 31.1 Å². The van der Waals surface area contributed by atoms with Crippen LogP contribution in [0.2, 0.25) is 0 Å². The summed E-state index contributed by atoms with van der Waals surface area (Å²) < 4.78 is 0. The molecule has 0 aromatic heterocycles. The lowest BCUT2D eigenvalue weighted by Crippen LogP contribution is -2.41. The second kappa shape index (κ2) is 17.9. The number of carboxylic acid groups (broad SMARTS) is 4. The Kier molecular flexibility index (Phi) is 14.4. The van der Waals surface area contributed by atoms with E-state index in [0.29, 0.717) is 30.8 Å². The summed E-state index contributed by atoms with van der Waals surface area (Å²) in [5, 5.41) is 31.2. The molecule has 0 unspecified atom stereocenters. The van der Waals surface area contributed by atoms with Crippen LogP contribution in [0.3, 0.4) is 0 Å². The zero-order valence-corrected chi connectivity index (χ0v) is 23.2. The molecule has 4 rings (SSSR count). The average molecular weight is 581 g/mol. The van der Waals surface area contributed by atoms with Gasteiger partial charge in [-0.25, -0.2) is 19.2 Å². The zero-order valence-electron chi connectivity index (χ0n) is 23.2. The van der Waals surface area contributed by atoms with Crippen molar-refractivity contribution in [1.29, 1.82) is 0 Å². The molecule has 0 amide bonds. The standard InChI is InChI=1S/C23H28N2O.2C4H4O4/c26-23(21-7-2-1-3-8-21)18-24-13-10-19(11-14-24)16-25-15-12-20-6-4-5-9-22(20)17-25;2*5-3(6)1-2-4(7)8/h1-9,19H,10-18H2;2*1-2H,(H,5,6)(H,7,8)/b;2*2-1+. The minimum atomic E-state index is -1.26. The molecule has 0 radical (unpaired) electrons. The van der Waals surface area contributed by atoms with E-state index < -0.39 is 23.9 Å². The highest BCUT2D eigenvalue weighted by molar-refractivity contribution is 5.97. The lowest BCUT2D eigenvalue weighted by atomic mass is 9.93. The maximum atomic E-state index is 12.4. The van der Waals surface area contributed by atoms with E-state index >= 15 is 0 Å². The maximum Gasteiger partial charge on any atom is 0.328 e. The van der Waals surface area contributed by atoms with Gasteiger partial charge in [0.05, 0.1) is 6.54 Å². The van der Waals surface area contributed by atoms with Gasteiger partial charge in [-0.2, -0.15) is 0 Å². The van der Waals surface area contributed by atoms with E-state index in [4.69, 9.17) is 20.4 Å². The highest BCUT2D eigenvalue weighted by atomic mass is 16.4. The Morgan fingerprint density at radius 3 is 1.62 bits per heavy atom. The number of nitrogens with zero attached hydrogens (tertiary/aromatic N) is 2. The molecule has 2 aromatic carbocycles. The fraction of sp³-hybridized carbons (Fsp3) is 0.323. The van der Waals surface area contributed by atoms with E-state index in [-0.39, 0.29) is 5.78 Å². The minimum absolute atomic E-state index is 0.247. The number of ketones is 1. The predicted octanol–water partition coefficient (Wildman–Crippen LogP) is 3.06. The van der Waals surface area contributed by atoms with Crippen LogP contribution in [0.25, 0.3) is 0 Å². The maximum absolute atomic E-state index is 12.4. The molecule has 2 aliphatic rings. The normalized spacial score (nSPS) is 15.5. The molecule has 224 valence electrons. The van der Waals surface area contributed by atoms with Crippen LogP contribution in [0.1, 0.15) is 34.3 Å². The van der Waals surface area contributed by atoms with Crippen molar-refractivity contribution in [3.63, 3.8) is 0 Å². The third kappa shape index (κ3) is 13.6. The number of carbonyl (C=O) groups excluding carboxylic acids is 1. The van der Waals surface area contributed by atoms with Gasteiger partial charge in [0.2, 0.25) is 0 Å². The molecule has 42 heavy (non-hydrogen) atoms. The summed E-state index contributed by atoms with van der Waals surface area (Å²) in [7, 11) is 0. The van der Waals surface area contributed by atoms with Gasteiger partial charge < -0.3 is 20.4 Å². The number of carbonyl (C=O) groups is 5. The molecule has 11 nitrogen and oxygen atoms in total. The Hall–Kier alpha value is -4.61. The molecule has 0 saturated carbocycles. The molecule has 0 atom stereocenters. The van der Waals surface area contributed by atoms with Crippen LogP contribution in [0, 0.1) is 5.92 Å². The zero-order chi connectivity index (χ0) is 30.9. The molecule has 2 heterocycles. The van der Waals surface area contributed by atoms with Gasteiger partial charge in [0.25, 0.3) is 0 Å². The van der Waals surface area contributed by atoms with Crippen molar-refractivity contribution in [2.24, 2.45) is 5.92 Å². The van der Waals surface area contributed by atoms with Crippen LogP contribution < -0.4 is 0 Å². The van der Waals surface area contributed by atoms with E-state index in [9.17, 15) is 24.0 Å². The van der Waals surface area contributed by atoms with Crippen LogP contribution in [0.15, 0.2) is 78.9 Å². The fourth-order valence-corrected chi connectivity index (χ4v) is 4.61. The molecule has 0 aliphatic carbocycles. The first-order valence-electron chi connectivity index (χ1n) is 13.4. The van der Waals surface area contributed by atoms with Crippen LogP contribution in [0.5, 0.6) is 0 Å². The van der Waals surface area contributed by atoms with Gasteiger partial charge in [0.1, 0.15) is 0 Å². The monoisotopic (exact) mass is 580 g/mol. The number of hydrogen-bond donors (Lipinski definition) is 4. The number of piperidine rings is 1. The quantitative estimate of drug-likeness (QED) is 0.254. The third-order valence-corrected chi connectivity index (χ3v) is 6.63. The fourth-order valence-electron chi connectivity index (χ4n) is 4.61. The molecule has 2 aliphatic heterocycles. The Bertz CT molecular complexity index is 1200. The van der Waals surface area contributed by atoms with Gasteiger partial charge in [-0.1, -0.05) is 54.6 Å². The molecular weight excluding hydrogens is 544 g/mol. The molecule has 1 saturated heterocycles. The number of fused-ring (bicyclic) bond motifs is 1. The average Bonchev–Trinajstić information content (AvgIpc) is 2.97. The lowest BCUT2D eigenvalue weighted by Gasteiger charge is -2.36. The summed E-state index contributed by atoms with van der Waals surface area (Å²) in [6.07, 6.45) is 5.83. The SMILES string of the molecule is O=C(CN1CCC(CN2CCc3ccccc3C2)CC1)c1ccccc1.O=C(O)/C=C/C(=O)O.O=C(O)/C=C/C(=O)O. The van der Waals surface area contributed by atoms with Crippen molar-refractivity contribution in [2.75, 3.05) is 32.7 Å². The highest BCUT2D eigenvalue weighted by Crippen LogP contribution is 2.23. The predicted molar refractivity (Wildman–Crippen MR) is 154 cm³/mol. The van der Waals surface area contributed by atoms with Crippen LogP contribution in [0.4, 0.5) is 0 Å². The summed E-state index contributed by atoms with van der Waals surface area (Å²) in [6.45, 7) is 6.15. The number of hydrogen-bond acceptors (Lipinski definition) is 7. The van der Waals surface area contributed by atoms with E-state index in [1.54, 1.807) is 0 Å². The Morgan fingerprint density at radius 1 is 0.643 bits per heavy atom. The number of likely N-dealkylation sites (tertiary alicyclic amines) is 1. The van der Waals surface area contributed by atoms with Crippen LogP contribution in [-0.4, -0.2) is 92.6 Å². The number of benzene rings is 2. The molecule has 4 N–H and O–H groups in total. The molecule has 2 aromatic rings. The highest BCUT2D eigenvalue weighted by Gasteiger charge is 2.24. The lowest BCUT2D eigenvalue weighted by molar-refractivity contribution is -0.134. The first-order valence-corrected chi connectivity index (χ1v) is 13.4. The Balaban J connectivity index is 0.000000319. The van der Waals surface area contributed by atoms with Gasteiger partial charge in [-0.15, -0.1) is 0 Å². The third-order valence-electron chi connectivity index (χ3n) is 6.63. The van der Waals surface area contributed by atoms with Crippen LogP contribution in [-0.2, 0) is 32.1 Å². The van der Waals surface area contributed by atoms with Gasteiger partial charge in [-0.3, -0.25) is 14.6 Å². The van der Waals surface area contributed by atoms with Crippen LogP contribution >= 0.6 is 0 Å². The van der Waals surface area contributed by atoms with Gasteiger partial charge in [0.15, 0.2) is 5.78 Å². The second-order valence-corrected chi connectivity index (χ2v) is 9.78. The van der Waals surface area contributed by atoms with Gasteiger partial charge >= 0.3 is 23.9 Å². The summed E-state index contributed by atoms with van der Waals surface area (Å²) in [5.41, 5.74) is 3.87. The first kappa shape index (κ1) is 33.6. The second-order valence-electron chi connectivity index (χ2n) is 9.78. The summed E-state index contributed by atoms with van der Waals surface area (Å²) in [5.74, 6) is -4.01. The van der Waals surface area contributed by atoms with E-state index in [1.165, 1.54) is 43.5 Å². The number of rotatable bonds is 9. The van der Waals surface area contributed by atoms with Crippen molar-refractivity contribution in [3.8, 4) is 0 Å². The summed E-state index contributed by atoms with van der Waals surface area (Å²) in [4.78, 5) is 55.5. The van der Waals surface area contributed by atoms with Crippen molar-refractivity contribution in [2.45, 2.75) is 25.8 Å². The van der Waals surface area contributed by atoms with E-state index in [1.807, 2.05) is 30.3 Å². The number of aliphatic carboxylic acids is 4. The molecule has 11 heteroatoms. The van der Waals surface area contributed by atoms with Crippen molar-refractivity contribution in [1.82, 2.24) is 9.80 Å². The van der Waals surface area contributed by atoms with Gasteiger partial charge in [0, 0.05) is 49.5 Å². The first-order chi connectivity index (χ1) is 20.0. The number of carboxylic acids is 4. The number of Topliss-reactive ketones (excluding diaryl/α,β-unsaturated/α-hetero) is 1. The largest absolute Gasteiger partial charge is 0.478 e. The molecule has 1 fully saturated rings. The van der Waals surface area contributed by atoms with Crippen molar-refractivity contribution >= 4 is 29.7 Å². The smallest absolute Gasteiger partial charge is 0.328 e. The summed E-state index contributed by atoms with van der Waals surface area (Å²) >= 11 is 0. The molecule has 0 spiro atoms.